The van der Waals surface area contributed by atoms with Crippen molar-refractivity contribution in [2.45, 2.75) is 31.1 Å². The number of hydrogen-bond donors (Lipinski definition) is 5. The molecule has 0 spiro atoms. The van der Waals surface area contributed by atoms with Gasteiger partial charge >= 0.3 is 6.18 Å². The van der Waals surface area contributed by atoms with E-state index >= 15 is 0 Å². The van der Waals surface area contributed by atoms with E-state index in [1.807, 2.05) is 0 Å². The minimum atomic E-state index is -4.53. The van der Waals surface area contributed by atoms with Gasteiger partial charge in [0.2, 0.25) is 0 Å². The summed E-state index contributed by atoms with van der Waals surface area (Å²) >= 11 is 0. The zero-order valence-electron chi connectivity index (χ0n) is 15.8. The monoisotopic (exact) mass is 412 g/mol. The highest BCUT2D eigenvalue weighted by atomic mass is 19.4. The molecule has 1 fully saturated rings. The van der Waals surface area contributed by atoms with Crippen molar-refractivity contribution in [3.63, 3.8) is 0 Å². The van der Waals surface area contributed by atoms with Crippen molar-refractivity contribution in [1.29, 1.82) is 0 Å². The Bertz CT molecular complexity index is 797. The van der Waals surface area contributed by atoms with E-state index in [4.69, 9.17) is 0 Å². The number of alkyl halides is 3. The van der Waals surface area contributed by atoms with E-state index in [1.165, 1.54) is 18.3 Å². The van der Waals surface area contributed by atoms with Crippen molar-refractivity contribution in [1.82, 2.24) is 36.8 Å². The van der Waals surface area contributed by atoms with Crippen LogP contribution < -0.4 is 26.8 Å². The van der Waals surface area contributed by atoms with Gasteiger partial charge in [-0.15, -0.1) is 0 Å². The summed E-state index contributed by atoms with van der Waals surface area (Å²) in [6.45, 7) is 1.99. The molecule has 5 N–H and O–H groups in total. The molecule has 0 aromatic carbocycles. The number of halogens is 3. The van der Waals surface area contributed by atoms with Crippen LogP contribution in [0.25, 0.3) is 0 Å². The first-order valence-corrected chi connectivity index (χ1v) is 9.40. The number of amides is 1. The lowest BCUT2D eigenvalue weighted by atomic mass is 10.1. The fourth-order valence-corrected chi connectivity index (χ4v) is 3.61. The first-order chi connectivity index (χ1) is 13.8. The number of nitrogens with zero attached hydrogens (tertiary/aromatic N) is 3. The van der Waals surface area contributed by atoms with Crippen molar-refractivity contribution in [2.75, 3.05) is 26.7 Å². The van der Waals surface area contributed by atoms with Gasteiger partial charge in [-0.25, -0.2) is 15.8 Å². The fourth-order valence-electron chi connectivity index (χ4n) is 3.61. The van der Waals surface area contributed by atoms with Crippen LogP contribution in [0, 0.1) is 0 Å². The summed E-state index contributed by atoms with van der Waals surface area (Å²) in [4.78, 5) is 17.2. The third-order valence-electron chi connectivity index (χ3n) is 5.02. The van der Waals surface area contributed by atoms with E-state index in [2.05, 4.69) is 31.8 Å². The molecule has 2 atom stereocenters. The number of hydrazine groups is 2. The Morgan fingerprint density at radius 3 is 2.93 bits per heavy atom. The van der Waals surface area contributed by atoms with Gasteiger partial charge in [0, 0.05) is 38.6 Å². The number of carbonyl (C=O) groups excluding carboxylic acids is 1. The van der Waals surface area contributed by atoms with Gasteiger partial charge in [-0.05, 0) is 25.5 Å². The number of hydrogen-bond acceptors (Lipinski definition) is 8. The van der Waals surface area contributed by atoms with E-state index in [0.29, 0.717) is 11.7 Å². The first-order valence-electron chi connectivity index (χ1n) is 9.40. The summed E-state index contributed by atoms with van der Waals surface area (Å²) in [6.07, 6.45) is 2.30. The molecule has 4 rings (SSSR count). The Kier molecular flexibility index (Phi) is 5.23. The van der Waals surface area contributed by atoms with Crippen molar-refractivity contribution in [3.05, 3.63) is 35.6 Å². The molecule has 4 heterocycles. The van der Waals surface area contributed by atoms with E-state index in [0.717, 1.165) is 25.9 Å². The minimum absolute atomic E-state index is 0.167. The molecule has 12 heteroatoms. The highest BCUT2D eigenvalue weighted by molar-refractivity contribution is 5.99. The van der Waals surface area contributed by atoms with Gasteiger partial charge in [-0.3, -0.25) is 9.80 Å². The normalized spacial score (nSPS) is 27.0. The van der Waals surface area contributed by atoms with Crippen LogP contribution in [0.5, 0.6) is 0 Å². The molecule has 4 aliphatic rings. The van der Waals surface area contributed by atoms with Gasteiger partial charge < -0.3 is 21.0 Å². The molecule has 1 unspecified atom stereocenters. The zero-order chi connectivity index (χ0) is 20.6. The van der Waals surface area contributed by atoms with Crippen molar-refractivity contribution in [2.24, 2.45) is 4.99 Å². The predicted octanol–water partition coefficient (Wildman–Crippen LogP) is -0.376. The maximum Gasteiger partial charge on any atom is 0.411 e. The lowest BCUT2D eigenvalue weighted by molar-refractivity contribution is -0.152. The van der Waals surface area contributed by atoms with Crippen molar-refractivity contribution < 1.29 is 18.0 Å². The Morgan fingerprint density at radius 2 is 2.21 bits per heavy atom. The van der Waals surface area contributed by atoms with E-state index in [1.54, 1.807) is 17.3 Å². The Balaban J connectivity index is 1.50. The summed E-state index contributed by atoms with van der Waals surface area (Å²) in [5, 5.41) is 11.8. The molecule has 0 bridgehead atoms. The number of fused-ring (bicyclic) bond motifs is 1. The summed E-state index contributed by atoms with van der Waals surface area (Å²) in [5.74, 6) is 0.374. The van der Waals surface area contributed by atoms with Gasteiger partial charge in [-0.1, -0.05) is 0 Å². The molecular weight excluding hydrogens is 389 g/mol. The molecule has 0 aromatic heterocycles. The molecule has 1 amide bonds. The zero-order valence-corrected chi connectivity index (χ0v) is 15.8. The summed E-state index contributed by atoms with van der Waals surface area (Å²) < 4.78 is 39.6. The topological polar surface area (TPSA) is 96.1 Å². The number of aliphatic imine (C=N–C) groups is 1. The van der Waals surface area contributed by atoms with E-state index < -0.39 is 18.1 Å². The van der Waals surface area contributed by atoms with Crippen LogP contribution in [-0.4, -0.2) is 66.7 Å². The lowest BCUT2D eigenvalue weighted by Gasteiger charge is -2.27. The third-order valence-corrected chi connectivity index (χ3v) is 5.02. The fraction of sp³-hybridized carbons (Fsp3) is 0.529. The second-order valence-electron chi connectivity index (χ2n) is 7.26. The Hall–Kier alpha value is -2.57. The van der Waals surface area contributed by atoms with Gasteiger partial charge in [0.05, 0.1) is 11.3 Å². The lowest BCUT2D eigenvalue weighted by Crippen LogP contribution is -2.47. The van der Waals surface area contributed by atoms with Crippen LogP contribution in [0.3, 0.4) is 0 Å². The highest BCUT2D eigenvalue weighted by Crippen LogP contribution is 2.28. The molecule has 0 radical (unpaired) electrons. The first kappa shape index (κ1) is 19.7. The molecule has 0 aliphatic carbocycles. The number of rotatable bonds is 3. The molecule has 29 heavy (non-hydrogen) atoms. The maximum absolute atomic E-state index is 13.2. The number of carbonyl (C=O) groups is 1. The molecule has 1 saturated heterocycles. The molecule has 0 aromatic rings. The quantitative estimate of drug-likeness (QED) is 0.432. The SMILES string of the molecule is CN1C=C(NC(=O)C2=C3N=C(N[C@H]4CCCNC4)C=CN3NC2)C(C(F)(F)F)N1. The molecule has 4 aliphatic heterocycles. The highest BCUT2D eigenvalue weighted by Gasteiger charge is 2.46. The number of nitrogens with one attached hydrogen (secondary N) is 5. The Morgan fingerprint density at radius 1 is 1.38 bits per heavy atom. The standard InChI is InChI=1S/C17H23F3N8O/c1-27-9-12(14(26-27)17(18,19)20)24-16(29)11-8-22-28-6-4-13(25-15(11)28)23-10-3-2-5-21-7-10/h4,6,9-10,14,21-22,26H,2-3,5,7-8H2,1H3,(H,23,25)(H,24,29)/t10-,14?/m0/s1. The van der Waals surface area contributed by atoms with Crippen molar-refractivity contribution in [3.8, 4) is 0 Å². The van der Waals surface area contributed by atoms with Crippen LogP contribution in [0.2, 0.25) is 0 Å². The Labute approximate surface area is 165 Å². The summed E-state index contributed by atoms with van der Waals surface area (Å²) in [7, 11) is 1.44. The van der Waals surface area contributed by atoms with Crippen molar-refractivity contribution >= 4 is 11.7 Å². The predicted molar refractivity (Wildman–Crippen MR) is 99.4 cm³/mol. The van der Waals surface area contributed by atoms with Gasteiger partial charge in [0.15, 0.2) is 11.9 Å². The second kappa shape index (κ2) is 7.69. The largest absolute Gasteiger partial charge is 0.411 e. The number of piperidine rings is 1. The average molecular weight is 412 g/mol. The van der Waals surface area contributed by atoms with Crippen LogP contribution in [0.1, 0.15) is 12.8 Å². The smallest absolute Gasteiger partial charge is 0.366 e. The minimum Gasteiger partial charge on any atom is -0.366 e. The second-order valence-corrected chi connectivity index (χ2v) is 7.26. The van der Waals surface area contributed by atoms with Crippen LogP contribution in [-0.2, 0) is 4.79 Å². The van der Waals surface area contributed by atoms with E-state index in [9.17, 15) is 18.0 Å². The third kappa shape index (κ3) is 4.23. The van der Waals surface area contributed by atoms with Gasteiger partial charge in [0.25, 0.3) is 5.91 Å². The van der Waals surface area contributed by atoms with Crippen LogP contribution in [0.4, 0.5) is 13.2 Å². The average Bonchev–Trinajstić information content (AvgIpc) is 3.25. The molecule has 9 nitrogen and oxygen atoms in total. The molecule has 0 saturated carbocycles. The maximum atomic E-state index is 13.2. The van der Waals surface area contributed by atoms with Gasteiger partial charge in [0.1, 0.15) is 5.84 Å². The molecule has 158 valence electrons. The van der Waals surface area contributed by atoms with Crippen LogP contribution >= 0.6 is 0 Å². The summed E-state index contributed by atoms with van der Waals surface area (Å²) in [5.41, 5.74) is 5.26. The van der Waals surface area contributed by atoms with Crippen LogP contribution in [0.15, 0.2) is 40.6 Å². The molecular formula is C17H23F3N8O. The number of amidine groups is 1. The van der Waals surface area contributed by atoms with Gasteiger partial charge in [-0.2, -0.15) is 13.2 Å². The van der Waals surface area contributed by atoms with E-state index in [-0.39, 0.29) is 23.9 Å². The summed E-state index contributed by atoms with van der Waals surface area (Å²) in [6, 6.07) is -1.72.